The van der Waals surface area contributed by atoms with Gasteiger partial charge < -0.3 is 5.32 Å². The molecule has 0 saturated heterocycles. The van der Waals surface area contributed by atoms with Crippen molar-refractivity contribution < 1.29 is 4.39 Å². The van der Waals surface area contributed by atoms with E-state index < -0.39 is 0 Å². The van der Waals surface area contributed by atoms with Crippen LogP contribution in [0.3, 0.4) is 0 Å². The smallest absolute Gasteiger partial charge is 0.126 e. The Bertz CT molecular complexity index is 519. The third-order valence-electron chi connectivity index (χ3n) is 2.95. The summed E-state index contributed by atoms with van der Waals surface area (Å²) in [7, 11) is 1.91. The van der Waals surface area contributed by atoms with Crippen molar-refractivity contribution in [3.8, 4) is 0 Å². The van der Waals surface area contributed by atoms with Crippen LogP contribution >= 0.6 is 27.3 Å². The molecule has 1 nitrogen and oxygen atoms in total. The van der Waals surface area contributed by atoms with Crippen LogP contribution in [-0.2, 0) is 6.42 Å². The van der Waals surface area contributed by atoms with Gasteiger partial charge in [0.1, 0.15) is 5.82 Å². The van der Waals surface area contributed by atoms with Gasteiger partial charge in [0.25, 0.3) is 0 Å². The van der Waals surface area contributed by atoms with Gasteiger partial charge in [0.2, 0.25) is 0 Å². The first-order valence-electron chi connectivity index (χ1n) is 5.78. The second-order valence-corrected chi connectivity index (χ2v) is 6.64. The molecular formula is C14H15BrFNS. The lowest BCUT2D eigenvalue weighted by Crippen LogP contribution is -2.18. The highest BCUT2D eigenvalue weighted by atomic mass is 79.9. The second-order valence-electron chi connectivity index (χ2n) is 4.24. The van der Waals surface area contributed by atoms with E-state index in [1.807, 2.05) is 19.2 Å². The predicted molar refractivity (Wildman–Crippen MR) is 78.7 cm³/mol. The number of halogens is 2. The van der Waals surface area contributed by atoms with Gasteiger partial charge in [-0.3, -0.25) is 0 Å². The molecule has 2 rings (SSSR count). The topological polar surface area (TPSA) is 12.0 Å². The summed E-state index contributed by atoms with van der Waals surface area (Å²) in [4.78, 5) is 1.23. The SMILES string of the molecule is CNC(Cc1ccccc1F)c1cc(C)c(Br)s1. The molecule has 0 fully saturated rings. The highest BCUT2D eigenvalue weighted by Crippen LogP contribution is 2.32. The lowest BCUT2D eigenvalue weighted by atomic mass is 10.0. The molecular weight excluding hydrogens is 313 g/mol. The summed E-state index contributed by atoms with van der Waals surface area (Å²) >= 11 is 5.23. The number of benzene rings is 1. The second kappa shape index (κ2) is 5.95. The monoisotopic (exact) mass is 327 g/mol. The zero-order valence-corrected chi connectivity index (χ0v) is 12.7. The molecule has 1 N–H and O–H groups in total. The summed E-state index contributed by atoms with van der Waals surface area (Å²) in [6.45, 7) is 2.07. The molecule has 0 spiro atoms. The molecule has 0 radical (unpaired) electrons. The number of thiophene rings is 1. The summed E-state index contributed by atoms with van der Waals surface area (Å²) in [6.07, 6.45) is 0.662. The third-order valence-corrected chi connectivity index (χ3v) is 5.20. The van der Waals surface area contributed by atoms with E-state index in [0.29, 0.717) is 6.42 Å². The molecule has 0 aliphatic rings. The molecule has 0 saturated carbocycles. The van der Waals surface area contributed by atoms with Crippen LogP contribution in [-0.4, -0.2) is 7.05 Å². The van der Waals surface area contributed by atoms with E-state index in [1.165, 1.54) is 16.5 Å². The molecule has 1 atom stereocenters. The van der Waals surface area contributed by atoms with Gasteiger partial charge in [-0.1, -0.05) is 18.2 Å². The van der Waals surface area contributed by atoms with E-state index in [0.717, 1.165) is 9.35 Å². The van der Waals surface area contributed by atoms with E-state index in [9.17, 15) is 4.39 Å². The molecule has 0 aliphatic heterocycles. The van der Waals surface area contributed by atoms with E-state index in [1.54, 1.807) is 17.4 Å². The van der Waals surface area contributed by atoms with Crippen molar-refractivity contribution in [3.05, 3.63) is 55.9 Å². The zero-order valence-electron chi connectivity index (χ0n) is 10.3. The van der Waals surface area contributed by atoms with Crippen molar-refractivity contribution in [2.75, 3.05) is 7.05 Å². The van der Waals surface area contributed by atoms with Crippen LogP contribution in [0.4, 0.5) is 4.39 Å². The van der Waals surface area contributed by atoms with Crippen molar-refractivity contribution in [3.63, 3.8) is 0 Å². The normalized spacial score (nSPS) is 12.7. The third kappa shape index (κ3) is 2.99. The maximum atomic E-state index is 13.7. The Morgan fingerprint density at radius 1 is 1.39 bits per heavy atom. The number of rotatable bonds is 4. The lowest BCUT2D eigenvalue weighted by Gasteiger charge is -2.14. The quantitative estimate of drug-likeness (QED) is 0.874. The van der Waals surface area contributed by atoms with Gasteiger partial charge in [-0.25, -0.2) is 4.39 Å². The van der Waals surface area contributed by atoms with Gasteiger partial charge in [0, 0.05) is 10.9 Å². The van der Waals surface area contributed by atoms with Crippen molar-refractivity contribution in [1.29, 1.82) is 0 Å². The van der Waals surface area contributed by atoms with Crippen molar-refractivity contribution in [2.45, 2.75) is 19.4 Å². The number of hydrogen-bond donors (Lipinski definition) is 1. The van der Waals surface area contributed by atoms with Crippen LogP contribution in [0.2, 0.25) is 0 Å². The average molecular weight is 328 g/mol. The Balaban J connectivity index is 2.22. The largest absolute Gasteiger partial charge is 0.312 e. The minimum absolute atomic E-state index is 0.134. The van der Waals surface area contributed by atoms with Crippen LogP contribution in [0.1, 0.15) is 22.0 Å². The van der Waals surface area contributed by atoms with Gasteiger partial charge in [-0.05, 0) is 59.6 Å². The highest BCUT2D eigenvalue weighted by Gasteiger charge is 2.15. The Morgan fingerprint density at radius 3 is 2.67 bits per heavy atom. The minimum atomic E-state index is -0.134. The summed E-state index contributed by atoms with van der Waals surface area (Å²) in [5.41, 5.74) is 1.97. The van der Waals surface area contributed by atoms with E-state index in [-0.39, 0.29) is 11.9 Å². The summed E-state index contributed by atoms with van der Waals surface area (Å²) < 4.78 is 14.8. The molecule has 1 unspecified atom stereocenters. The van der Waals surface area contributed by atoms with Crippen LogP contribution in [0.15, 0.2) is 34.1 Å². The Hall–Kier alpha value is -0.710. The minimum Gasteiger partial charge on any atom is -0.312 e. The molecule has 18 heavy (non-hydrogen) atoms. The lowest BCUT2D eigenvalue weighted by molar-refractivity contribution is 0.560. The summed E-state index contributed by atoms with van der Waals surface area (Å²) in [6, 6.07) is 9.25. The first-order chi connectivity index (χ1) is 8.61. The molecule has 2 aromatic rings. The molecule has 0 aliphatic carbocycles. The Labute approximate surface area is 119 Å². The van der Waals surface area contributed by atoms with Crippen LogP contribution < -0.4 is 5.32 Å². The summed E-state index contributed by atoms with van der Waals surface area (Å²) in [5, 5.41) is 3.26. The van der Waals surface area contributed by atoms with Gasteiger partial charge in [0.15, 0.2) is 0 Å². The van der Waals surface area contributed by atoms with Gasteiger partial charge in [-0.2, -0.15) is 0 Å². The van der Waals surface area contributed by atoms with Gasteiger partial charge in [0.05, 0.1) is 3.79 Å². The average Bonchev–Trinajstić information content (AvgIpc) is 2.68. The number of hydrogen-bond acceptors (Lipinski definition) is 2. The first-order valence-corrected chi connectivity index (χ1v) is 7.39. The van der Waals surface area contributed by atoms with Crippen molar-refractivity contribution in [2.24, 2.45) is 0 Å². The number of likely N-dealkylation sites (N-methyl/N-ethyl adjacent to an activating group) is 1. The molecule has 0 amide bonds. The van der Waals surface area contributed by atoms with E-state index >= 15 is 0 Å². The molecule has 0 bridgehead atoms. The van der Waals surface area contributed by atoms with E-state index in [4.69, 9.17) is 0 Å². The number of aryl methyl sites for hydroxylation is 1. The fourth-order valence-electron chi connectivity index (χ4n) is 1.88. The zero-order chi connectivity index (χ0) is 13.1. The molecule has 96 valence electrons. The Kier molecular flexibility index (Phi) is 4.54. The fourth-order valence-corrected chi connectivity index (χ4v) is 3.57. The maximum absolute atomic E-state index is 13.7. The maximum Gasteiger partial charge on any atom is 0.126 e. The predicted octanol–water partition coefficient (Wildman–Crippen LogP) is 4.46. The van der Waals surface area contributed by atoms with E-state index in [2.05, 4.69) is 34.2 Å². The molecule has 1 aromatic heterocycles. The molecule has 1 aromatic carbocycles. The first kappa shape index (κ1) is 13.7. The van der Waals surface area contributed by atoms with Crippen molar-refractivity contribution >= 4 is 27.3 Å². The highest BCUT2D eigenvalue weighted by molar-refractivity contribution is 9.11. The molecule has 1 heterocycles. The standard InChI is InChI=1S/C14H15BrFNS/c1-9-7-13(18-14(9)15)12(17-2)8-10-5-3-4-6-11(10)16/h3-7,12,17H,8H2,1-2H3. The summed E-state index contributed by atoms with van der Waals surface area (Å²) in [5.74, 6) is -0.134. The van der Waals surface area contributed by atoms with Gasteiger partial charge in [-0.15, -0.1) is 11.3 Å². The van der Waals surface area contributed by atoms with Crippen LogP contribution in [0.25, 0.3) is 0 Å². The van der Waals surface area contributed by atoms with Crippen LogP contribution in [0.5, 0.6) is 0 Å². The Morgan fingerprint density at radius 2 is 2.11 bits per heavy atom. The van der Waals surface area contributed by atoms with Crippen LogP contribution in [0, 0.1) is 12.7 Å². The molecule has 4 heteroatoms. The fraction of sp³-hybridized carbons (Fsp3) is 0.286. The van der Waals surface area contributed by atoms with Crippen molar-refractivity contribution in [1.82, 2.24) is 5.32 Å². The number of nitrogens with one attached hydrogen (secondary N) is 1. The van der Waals surface area contributed by atoms with Gasteiger partial charge >= 0.3 is 0 Å².